The highest BCUT2D eigenvalue weighted by atomic mass is 35.5. The molecule has 0 unspecified atom stereocenters. The predicted molar refractivity (Wildman–Crippen MR) is 72.9 cm³/mol. The Morgan fingerprint density at radius 2 is 1.90 bits per heavy atom. The van der Waals surface area contributed by atoms with Gasteiger partial charge in [-0.05, 0) is 32.0 Å². The van der Waals surface area contributed by atoms with Crippen LogP contribution in [0.3, 0.4) is 0 Å². The van der Waals surface area contributed by atoms with Crippen LogP contribution in [0.2, 0.25) is 5.02 Å². The first-order valence-electron chi connectivity index (χ1n) is 6.18. The van der Waals surface area contributed by atoms with Crippen molar-refractivity contribution in [1.29, 1.82) is 0 Å². The Kier molecular flexibility index (Phi) is 5.68. The summed E-state index contributed by atoms with van der Waals surface area (Å²) in [5, 5.41) is 2.69. The molecule has 0 bridgehead atoms. The SMILES string of the molecule is CCN(CC)C(=O)CNc1ccc(C(F)(F)F)cc1Cl. The van der Waals surface area contributed by atoms with Crippen molar-refractivity contribution in [2.24, 2.45) is 0 Å². The number of likely N-dealkylation sites (N-methyl/N-ethyl adjacent to an activating group) is 1. The maximum Gasteiger partial charge on any atom is 0.416 e. The van der Waals surface area contributed by atoms with Crippen molar-refractivity contribution >= 4 is 23.2 Å². The predicted octanol–water partition coefficient (Wildman–Crippen LogP) is 3.64. The minimum absolute atomic E-state index is 0.00718. The van der Waals surface area contributed by atoms with Crippen LogP contribution in [0.15, 0.2) is 18.2 Å². The van der Waals surface area contributed by atoms with Gasteiger partial charge in [-0.3, -0.25) is 4.79 Å². The van der Waals surface area contributed by atoms with Gasteiger partial charge in [0.15, 0.2) is 0 Å². The Balaban J connectivity index is 2.73. The van der Waals surface area contributed by atoms with E-state index in [2.05, 4.69) is 5.32 Å². The van der Waals surface area contributed by atoms with Crippen LogP contribution in [-0.4, -0.2) is 30.4 Å². The lowest BCUT2D eigenvalue weighted by atomic mass is 10.2. The van der Waals surface area contributed by atoms with Gasteiger partial charge in [0.25, 0.3) is 0 Å². The summed E-state index contributed by atoms with van der Waals surface area (Å²) in [6.45, 7) is 4.86. The number of carbonyl (C=O) groups excluding carboxylic acids is 1. The monoisotopic (exact) mass is 308 g/mol. The summed E-state index contributed by atoms with van der Waals surface area (Å²) in [4.78, 5) is 13.4. The summed E-state index contributed by atoms with van der Waals surface area (Å²) in [6, 6.07) is 2.99. The van der Waals surface area contributed by atoms with E-state index in [-0.39, 0.29) is 17.5 Å². The van der Waals surface area contributed by atoms with Crippen molar-refractivity contribution in [2.75, 3.05) is 25.0 Å². The molecule has 0 aromatic heterocycles. The lowest BCUT2D eigenvalue weighted by Crippen LogP contribution is -2.35. The Hall–Kier alpha value is -1.43. The van der Waals surface area contributed by atoms with Crippen molar-refractivity contribution in [3.63, 3.8) is 0 Å². The van der Waals surface area contributed by atoms with Crippen LogP contribution >= 0.6 is 11.6 Å². The number of hydrogen-bond donors (Lipinski definition) is 1. The summed E-state index contributed by atoms with van der Waals surface area (Å²) < 4.78 is 37.4. The Labute approximate surface area is 120 Å². The summed E-state index contributed by atoms with van der Waals surface area (Å²) in [5.74, 6) is -0.133. The molecule has 3 nitrogen and oxygen atoms in total. The van der Waals surface area contributed by atoms with Gasteiger partial charge in [0.1, 0.15) is 0 Å². The molecule has 1 aromatic carbocycles. The van der Waals surface area contributed by atoms with Crippen molar-refractivity contribution in [3.05, 3.63) is 28.8 Å². The quantitative estimate of drug-likeness (QED) is 0.900. The Bertz CT molecular complexity index is 473. The van der Waals surface area contributed by atoms with E-state index in [9.17, 15) is 18.0 Å². The summed E-state index contributed by atoms with van der Waals surface area (Å²) in [5.41, 5.74) is -0.511. The van der Waals surface area contributed by atoms with E-state index < -0.39 is 11.7 Å². The van der Waals surface area contributed by atoms with Crippen molar-refractivity contribution < 1.29 is 18.0 Å². The number of alkyl halides is 3. The number of nitrogens with one attached hydrogen (secondary N) is 1. The van der Waals surface area contributed by atoms with Crippen molar-refractivity contribution in [3.8, 4) is 0 Å². The molecule has 0 aliphatic carbocycles. The average molecular weight is 309 g/mol. The molecule has 0 atom stereocenters. The fraction of sp³-hybridized carbons (Fsp3) is 0.462. The van der Waals surface area contributed by atoms with E-state index in [1.165, 1.54) is 6.07 Å². The number of halogens is 4. The summed E-state index contributed by atoms with van der Waals surface area (Å²) >= 11 is 5.78. The lowest BCUT2D eigenvalue weighted by molar-refractivity contribution is -0.137. The largest absolute Gasteiger partial charge is 0.416 e. The highest BCUT2D eigenvalue weighted by Gasteiger charge is 2.30. The molecule has 1 aromatic rings. The highest BCUT2D eigenvalue weighted by Crippen LogP contribution is 2.33. The molecule has 0 heterocycles. The van der Waals surface area contributed by atoms with Gasteiger partial charge in [0.05, 0.1) is 22.8 Å². The maximum atomic E-state index is 12.5. The topological polar surface area (TPSA) is 32.3 Å². The highest BCUT2D eigenvalue weighted by molar-refractivity contribution is 6.33. The van der Waals surface area contributed by atoms with Crippen LogP contribution < -0.4 is 5.32 Å². The molecule has 0 saturated heterocycles. The van der Waals surface area contributed by atoms with E-state index >= 15 is 0 Å². The third-order valence-electron chi connectivity index (χ3n) is 2.84. The number of amides is 1. The zero-order chi connectivity index (χ0) is 15.3. The third kappa shape index (κ3) is 4.30. The van der Waals surface area contributed by atoms with Crippen LogP contribution in [-0.2, 0) is 11.0 Å². The van der Waals surface area contributed by atoms with Gasteiger partial charge < -0.3 is 10.2 Å². The third-order valence-corrected chi connectivity index (χ3v) is 3.16. The van der Waals surface area contributed by atoms with Crippen LogP contribution in [0.25, 0.3) is 0 Å². The fourth-order valence-corrected chi connectivity index (χ4v) is 1.94. The molecule has 20 heavy (non-hydrogen) atoms. The average Bonchev–Trinajstić information content (AvgIpc) is 2.37. The van der Waals surface area contributed by atoms with Crippen LogP contribution in [0, 0.1) is 0 Å². The summed E-state index contributed by atoms with van der Waals surface area (Å²) in [6.07, 6.45) is -4.43. The normalized spacial score (nSPS) is 11.3. The minimum Gasteiger partial charge on any atom is -0.375 e. The number of rotatable bonds is 5. The zero-order valence-corrected chi connectivity index (χ0v) is 12.0. The number of benzene rings is 1. The van der Waals surface area contributed by atoms with Crippen LogP contribution in [0.5, 0.6) is 0 Å². The first kappa shape index (κ1) is 16.6. The van der Waals surface area contributed by atoms with Crippen LogP contribution in [0.4, 0.5) is 18.9 Å². The first-order chi connectivity index (χ1) is 9.29. The maximum absolute atomic E-state index is 12.5. The molecule has 0 aliphatic heterocycles. The van der Waals surface area contributed by atoms with Gasteiger partial charge in [0.2, 0.25) is 5.91 Å². The molecule has 7 heteroatoms. The number of hydrogen-bond acceptors (Lipinski definition) is 2. The number of carbonyl (C=O) groups is 1. The molecule has 0 saturated carbocycles. The fourth-order valence-electron chi connectivity index (χ4n) is 1.69. The molecule has 0 spiro atoms. The second-order valence-corrected chi connectivity index (χ2v) is 4.52. The smallest absolute Gasteiger partial charge is 0.375 e. The standard InChI is InChI=1S/C13H16ClF3N2O/c1-3-19(4-2)12(20)8-18-11-6-5-9(7-10(11)14)13(15,16)17/h5-7,18H,3-4,8H2,1-2H3. The molecule has 1 amide bonds. The van der Waals surface area contributed by atoms with Gasteiger partial charge in [-0.1, -0.05) is 11.6 Å². The Morgan fingerprint density at radius 3 is 2.35 bits per heavy atom. The second-order valence-electron chi connectivity index (χ2n) is 4.11. The van der Waals surface area contributed by atoms with Crippen molar-refractivity contribution in [1.82, 2.24) is 4.90 Å². The van der Waals surface area contributed by atoms with Crippen LogP contribution in [0.1, 0.15) is 19.4 Å². The van der Waals surface area contributed by atoms with E-state index in [1.807, 2.05) is 13.8 Å². The van der Waals surface area contributed by atoms with Crippen molar-refractivity contribution in [2.45, 2.75) is 20.0 Å². The molecule has 1 N–H and O–H groups in total. The number of anilines is 1. The van der Waals surface area contributed by atoms with Gasteiger partial charge in [0, 0.05) is 13.1 Å². The van der Waals surface area contributed by atoms with E-state index in [4.69, 9.17) is 11.6 Å². The zero-order valence-electron chi connectivity index (χ0n) is 11.2. The van der Waals surface area contributed by atoms with Gasteiger partial charge in [-0.15, -0.1) is 0 Å². The number of nitrogens with zero attached hydrogens (tertiary/aromatic N) is 1. The first-order valence-corrected chi connectivity index (χ1v) is 6.55. The molecular formula is C13H16ClF3N2O. The van der Waals surface area contributed by atoms with E-state index in [0.717, 1.165) is 12.1 Å². The molecule has 1 rings (SSSR count). The molecule has 0 aliphatic rings. The second kappa shape index (κ2) is 6.83. The molecule has 112 valence electrons. The van der Waals surface area contributed by atoms with E-state index in [0.29, 0.717) is 18.8 Å². The lowest BCUT2D eigenvalue weighted by Gasteiger charge is -2.19. The van der Waals surface area contributed by atoms with Gasteiger partial charge in [-0.25, -0.2) is 0 Å². The molecule has 0 radical (unpaired) electrons. The summed E-state index contributed by atoms with van der Waals surface area (Å²) in [7, 11) is 0. The van der Waals surface area contributed by atoms with E-state index in [1.54, 1.807) is 4.90 Å². The van der Waals surface area contributed by atoms with Gasteiger partial charge >= 0.3 is 6.18 Å². The minimum atomic E-state index is -4.43. The Morgan fingerprint density at radius 1 is 1.30 bits per heavy atom. The molecular weight excluding hydrogens is 293 g/mol. The van der Waals surface area contributed by atoms with Gasteiger partial charge in [-0.2, -0.15) is 13.2 Å². The molecule has 0 fully saturated rings.